The van der Waals surface area contributed by atoms with Crippen LogP contribution < -0.4 is 9.47 Å². The maximum atomic E-state index is 10.2. The van der Waals surface area contributed by atoms with Crippen LogP contribution in [0.3, 0.4) is 0 Å². The minimum absolute atomic E-state index is 0.217. The van der Waals surface area contributed by atoms with E-state index < -0.39 is 6.10 Å². The minimum atomic E-state index is -0.634. The summed E-state index contributed by atoms with van der Waals surface area (Å²) >= 11 is 1.38. The second-order valence-electron chi connectivity index (χ2n) is 5.88. The number of benzene rings is 2. The molecular formula is C18H18N4O4S. The van der Waals surface area contributed by atoms with Gasteiger partial charge in [0, 0.05) is 5.75 Å². The Morgan fingerprint density at radius 3 is 2.89 bits per heavy atom. The fourth-order valence-corrected chi connectivity index (χ4v) is 3.36. The Balaban J connectivity index is 1.25. The highest BCUT2D eigenvalue weighted by atomic mass is 32.2. The molecule has 1 aliphatic heterocycles. The van der Waals surface area contributed by atoms with Crippen molar-refractivity contribution in [3.63, 3.8) is 0 Å². The highest BCUT2D eigenvalue weighted by Crippen LogP contribution is 2.32. The van der Waals surface area contributed by atoms with Crippen LogP contribution in [0.5, 0.6) is 11.5 Å². The van der Waals surface area contributed by atoms with Gasteiger partial charge < -0.3 is 19.3 Å². The third kappa shape index (κ3) is 4.38. The maximum absolute atomic E-state index is 10.2. The van der Waals surface area contributed by atoms with E-state index in [1.807, 2.05) is 48.5 Å². The Kier molecular flexibility index (Phi) is 5.52. The van der Waals surface area contributed by atoms with Crippen LogP contribution in [0, 0.1) is 0 Å². The molecule has 0 saturated carbocycles. The summed E-state index contributed by atoms with van der Waals surface area (Å²) in [6.07, 6.45) is -0.634. The molecule has 140 valence electrons. The van der Waals surface area contributed by atoms with Crippen LogP contribution in [0.25, 0.3) is 5.69 Å². The Morgan fingerprint density at radius 1 is 1.15 bits per heavy atom. The van der Waals surface area contributed by atoms with E-state index in [2.05, 4.69) is 15.5 Å². The Morgan fingerprint density at radius 2 is 2.00 bits per heavy atom. The molecule has 1 N–H and O–H groups in total. The molecule has 0 unspecified atom stereocenters. The predicted molar refractivity (Wildman–Crippen MR) is 98.1 cm³/mol. The molecule has 0 fully saturated rings. The second-order valence-corrected chi connectivity index (χ2v) is 6.86. The van der Waals surface area contributed by atoms with Crippen molar-refractivity contribution in [3.05, 3.63) is 54.1 Å². The highest BCUT2D eigenvalue weighted by molar-refractivity contribution is 7.99. The first-order chi connectivity index (χ1) is 13.3. The van der Waals surface area contributed by atoms with Crippen molar-refractivity contribution in [2.24, 2.45) is 0 Å². The molecule has 1 aliphatic rings. The van der Waals surface area contributed by atoms with E-state index >= 15 is 0 Å². The molecule has 8 nitrogen and oxygen atoms in total. The first-order valence-electron chi connectivity index (χ1n) is 8.40. The summed E-state index contributed by atoms with van der Waals surface area (Å²) < 4.78 is 17.9. The third-order valence-electron chi connectivity index (χ3n) is 3.86. The van der Waals surface area contributed by atoms with Gasteiger partial charge in [-0.05, 0) is 40.3 Å². The number of nitrogens with zero attached hydrogens (tertiary/aromatic N) is 4. The number of rotatable bonds is 8. The summed E-state index contributed by atoms with van der Waals surface area (Å²) in [6.45, 7) is 0.854. The zero-order chi connectivity index (χ0) is 18.5. The van der Waals surface area contributed by atoms with E-state index in [1.165, 1.54) is 11.8 Å². The lowest BCUT2D eigenvalue weighted by atomic mass is 10.2. The molecule has 0 spiro atoms. The van der Waals surface area contributed by atoms with Gasteiger partial charge in [-0.2, -0.15) is 4.68 Å². The van der Waals surface area contributed by atoms with E-state index in [1.54, 1.807) is 4.68 Å². The predicted octanol–water partition coefficient (Wildman–Crippen LogP) is 2.06. The van der Waals surface area contributed by atoms with Crippen molar-refractivity contribution >= 4 is 11.8 Å². The van der Waals surface area contributed by atoms with Gasteiger partial charge in [0.1, 0.15) is 0 Å². The van der Waals surface area contributed by atoms with Crippen LogP contribution in [-0.4, -0.2) is 50.6 Å². The van der Waals surface area contributed by atoms with Crippen molar-refractivity contribution in [2.45, 2.75) is 17.9 Å². The van der Waals surface area contributed by atoms with Gasteiger partial charge in [-0.25, -0.2) is 0 Å². The SMILES string of the molecule is O[C@H](COCc1ccc2c(c1)OCO2)CSc1nnnn1-c1ccccc1. The second kappa shape index (κ2) is 8.38. The van der Waals surface area contributed by atoms with Gasteiger partial charge >= 0.3 is 0 Å². The zero-order valence-corrected chi connectivity index (χ0v) is 15.2. The summed E-state index contributed by atoms with van der Waals surface area (Å²) in [5.74, 6) is 1.89. The Bertz CT molecular complexity index is 890. The number of aliphatic hydroxyl groups excluding tert-OH is 1. The number of para-hydroxylation sites is 1. The molecule has 3 aromatic rings. The minimum Gasteiger partial charge on any atom is -0.454 e. The van der Waals surface area contributed by atoms with E-state index in [9.17, 15) is 5.11 Å². The lowest BCUT2D eigenvalue weighted by Gasteiger charge is -2.11. The number of fused-ring (bicyclic) bond motifs is 1. The summed E-state index contributed by atoms with van der Waals surface area (Å²) in [6, 6.07) is 15.3. The number of hydrogen-bond acceptors (Lipinski definition) is 8. The first-order valence-corrected chi connectivity index (χ1v) is 9.39. The monoisotopic (exact) mass is 386 g/mol. The molecule has 1 atom stereocenters. The molecular weight excluding hydrogens is 368 g/mol. The fraction of sp³-hybridized carbons (Fsp3) is 0.278. The number of tetrazole rings is 1. The number of hydrogen-bond donors (Lipinski definition) is 1. The number of aliphatic hydroxyl groups is 1. The largest absolute Gasteiger partial charge is 0.454 e. The van der Waals surface area contributed by atoms with E-state index in [4.69, 9.17) is 14.2 Å². The summed E-state index contributed by atoms with van der Waals surface area (Å²) in [5.41, 5.74) is 1.84. The van der Waals surface area contributed by atoms with Gasteiger partial charge in [-0.3, -0.25) is 0 Å². The van der Waals surface area contributed by atoms with Crippen LogP contribution in [-0.2, 0) is 11.3 Å². The van der Waals surface area contributed by atoms with Gasteiger partial charge in [0.2, 0.25) is 11.9 Å². The van der Waals surface area contributed by atoms with Gasteiger partial charge in [0.15, 0.2) is 11.5 Å². The van der Waals surface area contributed by atoms with Crippen molar-refractivity contribution in [2.75, 3.05) is 19.2 Å². The van der Waals surface area contributed by atoms with Gasteiger partial charge in [0.25, 0.3) is 0 Å². The Labute approximate surface area is 160 Å². The molecule has 0 bridgehead atoms. The first kappa shape index (κ1) is 17.8. The molecule has 4 rings (SSSR count). The maximum Gasteiger partial charge on any atom is 0.231 e. The molecule has 0 saturated heterocycles. The molecule has 2 aromatic carbocycles. The molecule has 0 amide bonds. The quantitative estimate of drug-likeness (QED) is 0.588. The third-order valence-corrected chi connectivity index (χ3v) is 4.93. The van der Waals surface area contributed by atoms with Gasteiger partial charge in [-0.1, -0.05) is 36.0 Å². The lowest BCUT2D eigenvalue weighted by Crippen LogP contribution is -2.18. The van der Waals surface area contributed by atoms with E-state index in [0.29, 0.717) is 17.5 Å². The van der Waals surface area contributed by atoms with Crippen LogP contribution in [0.1, 0.15) is 5.56 Å². The van der Waals surface area contributed by atoms with Crippen LogP contribution in [0.2, 0.25) is 0 Å². The summed E-state index contributed by atoms with van der Waals surface area (Å²) in [7, 11) is 0. The number of aromatic nitrogens is 4. The molecule has 9 heteroatoms. The topological polar surface area (TPSA) is 91.5 Å². The normalized spacial score (nSPS) is 13.7. The van der Waals surface area contributed by atoms with Crippen LogP contribution in [0.15, 0.2) is 53.7 Å². The summed E-state index contributed by atoms with van der Waals surface area (Å²) in [5, 5.41) is 22.5. The smallest absolute Gasteiger partial charge is 0.231 e. The van der Waals surface area contributed by atoms with Gasteiger partial charge in [-0.15, -0.1) is 5.10 Å². The van der Waals surface area contributed by atoms with Crippen molar-refractivity contribution in [3.8, 4) is 17.2 Å². The molecule has 0 aliphatic carbocycles. The molecule has 0 radical (unpaired) electrons. The highest BCUT2D eigenvalue weighted by Gasteiger charge is 2.14. The molecule has 27 heavy (non-hydrogen) atoms. The van der Waals surface area contributed by atoms with Crippen LogP contribution >= 0.6 is 11.8 Å². The van der Waals surface area contributed by atoms with Crippen LogP contribution in [0.4, 0.5) is 0 Å². The van der Waals surface area contributed by atoms with E-state index in [-0.39, 0.29) is 13.4 Å². The van der Waals surface area contributed by atoms with Crippen molar-refractivity contribution in [1.29, 1.82) is 0 Å². The standard InChI is InChI=1S/C18H18N4O4S/c23-15(10-24-9-13-6-7-16-17(8-13)26-12-25-16)11-27-18-19-20-21-22(18)14-4-2-1-3-5-14/h1-8,15,23H,9-12H2/t15-/m1/s1. The average molecular weight is 386 g/mol. The zero-order valence-electron chi connectivity index (χ0n) is 14.4. The number of thioether (sulfide) groups is 1. The average Bonchev–Trinajstić information content (AvgIpc) is 3.36. The van der Waals surface area contributed by atoms with E-state index in [0.717, 1.165) is 22.7 Å². The van der Waals surface area contributed by atoms with Gasteiger partial charge in [0.05, 0.1) is 25.0 Å². The molecule has 1 aromatic heterocycles. The number of ether oxygens (including phenoxy) is 3. The summed E-state index contributed by atoms with van der Waals surface area (Å²) in [4.78, 5) is 0. The Hall–Kier alpha value is -2.62. The van der Waals surface area contributed by atoms with Crippen molar-refractivity contribution in [1.82, 2.24) is 20.2 Å². The fourth-order valence-electron chi connectivity index (χ4n) is 2.56. The lowest BCUT2D eigenvalue weighted by molar-refractivity contribution is 0.0397. The molecule has 2 heterocycles. The van der Waals surface area contributed by atoms with Crippen molar-refractivity contribution < 1.29 is 19.3 Å².